The zero-order chi connectivity index (χ0) is 23.5. The molecule has 0 aromatic heterocycles. The molecule has 0 nitrogen and oxygen atoms in total. The maximum absolute atomic E-state index is 2.53. The molecule has 4 aromatic rings. The molecule has 0 bridgehead atoms. The second-order valence-corrected chi connectivity index (χ2v) is 9.75. The molecular weight excluding hydrogens is 408 g/mol. The van der Waals surface area contributed by atoms with E-state index in [1.807, 2.05) is 0 Å². The van der Waals surface area contributed by atoms with Crippen molar-refractivity contribution in [2.24, 2.45) is 0 Å². The van der Waals surface area contributed by atoms with Crippen LogP contribution in [-0.4, -0.2) is 0 Å². The van der Waals surface area contributed by atoms with Crippen LogP contribution in [0.2, 0.25) is 0 Å². The molecule has 0 aliphatic heterocycles. The Morgan fingerprint density at radius 2 is 1.12 bits per heavy atom. The minimum atomic E-state index is -0.287. The summed E-state index contributed by atoms with van der Waals surface area (Å²) in [6, 6.07) is 34.7. The largest absolute Gasteiger partial charge is 0.0716 e. The summed E-state index contributed by atoms with van der Waals surface area (Å²) >= 11 is 0. The van der Waals surface area contributed by atoms with Crippen LogP contribution in [0.15, 0.2) is 91.0 Å². The molecule has 0 saturated heterocycles. The normalized spacial score (nSPS) is 13.5. The molecule has 0 unspecified atom stereocenters. The van der Waals surface area contributed by atoms with Crippen LogP contribution in [0.4, 0.5) is 0 Å². The van der Waals surface area contributed by atoms with Crippen LogP contribution in [-0.2, 0) is 24.7 Å². The third kappa shape index (κ3) is 3.52. The van der Waals surface area contributed by atoms with Gasteiger partial charge in [-0.25, -0.2) is 0 Å². The van der Waals surface area contributed by atoms with Crippen molar-refractivity contribution in [2.75, 3.05) is 0 Å². The summed E-state index contributed by atoms with van der Waals surface area (Å²) in [6.07, 6.45) is 6.81. The summed E-state index contributed by atoms with van der Waals surface area (Å²) in [4.78, 5) is 0. The predicted molar refractivity (Wildman–Crippen MR) is 146 cm³/mol. The van der Waals surface area contributed by atoms with Gasteiger partial charge in [0.1, 0.15) is 0 Å². The molecule has 0 radical (unpaired) electrons. The van der Waals surface area contributed by atoms with Crippen molar-refractivity contribution >= 4 is 0 Å². The zero-order valence-electron chi connectivity index (χ0n) is 20.9. The summed E-state index contributed by atoms with van der Waals surface area (Å²) in [6.45, 7) is 6.89. The Hall–Kier alpha value is -3.12. The lowest BCUT2D eigenvalue weighted by Gasteiger charge is -2.35. The number of hydrogen-bond acceptors (Lipinski definition) is 0. The topological polar surface area (TPSA) is 0 Å². The van der Waals surface area contributed by atoms with Gasteiger partial charge in [0.15, 0.2) is 0 Å². The van der Waals surface area contributed by atoms with Crippen LogP contribution in [0.3, 0.4) is 0 Å². The van der Waals surface area contributed by atoms with E-state index in [0.29, 0.717) is 0 Å². The molecule has 1 aliphatic carbocycles. The van der Waals surface area contributed by atoms with Gasteiger partial charge >= 0.3 is 0 Å². The second-order valence-electron chi connectivity index (χ2n) is 9.75. The lowest BCUT2D eigenvalue weighted by molar-refractivity contribution is 0.743. The highest BCUT2D eigenvalue weighted by Crippen LogP contribution is 2.58. The third-order valence-electron chi connectivity index (χ3n) is 7.50. The molecule has 1 aliphatic rings. The molecule has 0 spiro atoms. The van der Waals surface area contributed by atoms with Crippen molar-refractivity contribution < 1.29 is 0 Å². The molecule has 0 N–H and O–H groups in total. The Kier molecular flexibility index (Phi) is 6.42. The van der Waals surface area contributed by atoms with Crippen LogP contribution in [0.1, 0.15) is 79.0 Å². The van der Waals surface area contributed by atoms with E-state index in [1.54, 1.807) is 0 Å². The van der Waals surface area contributed by atoms with Crippen LogP contribution in [0.25, 0.3) is 11.1 Å². The Morgan fingerprint density at radius 1 is 0.559 bits per heavy atom. The van der Waals surface area contributed by atoms with Gasteiger partial charge in [0.25, 0.3) is 0 Å². The summed E-state index contributed by atoms with van der Waals surface area (Å²) < 4.78 is 0. The van der Waals surface area contributed by atoms with E-state index in [0.717, 1.165) is 38.5 Å². The average molecular weight is 445 g/mol. The van der Waals surface area contributed by atoms with Gasteiger partial charge < -0.3 is 0 Å². The molecule has 0 atom stereocenters. The van der Waals surface area contributed by atoms with Gasteiger partial charge in [-0.2, -0.15) is 0 Å². The Balaban J connectivity index is 1.98. The summed E-state index contributed by atoms with van der Waals surface area (Å²) in [5, 5.41) is 0. The minimum Gasteiger partial charge on any atom is -0.0651 e. The van der Waals surface area contributed by atoms with Gasteiger partial charge in [0.2, 0.25) is 0 Å². The molecular formula is C34H36. The smallest absolute Gasteiger partial charge is 0.0651 e. The summed E-state index contributed by atoms with van der Waals surface area (Å²) in [7, 11) is 0. The highest BCUT2D eigenvalue weighted by atomic mass is 14.5. The Morgan fingerprint density at radius 3 is 1.71 bits per heavy atom. The molecule has 0 fully saturated rings. The molecule has 4 aromatic carbocycles. The third-order valence-corrected chi connectivity index (χ3v) is 7.50. The molecule has 0 heteroatoms. The Labute approximate surface area is 205 Å². The van der Waals surface area contributed by atoms with E-state index in [2.05, 4.69) is 112 Å². The van der Waals surface area contributed by atoms with E-state index >= 15 is 0 Å². The fourth-order valence-corrected chi connectivity index (χ4v) is 6.22. The van der Waals surface area contributed by atoms with Crippen molar-refractivity contribution in [1.82, 2.24) is 0 Å². The summed E-state index contributed by atoms with van der Waals surface area (Å²) in [5.74, 6) is 0. The number of benzene rings is 4. The maximum atomic E-state index is 2.53. The van der Waals surface area contributed by atoms with E-state index in [1.165, 1.54) is 50.1 Å². The van der Waals surface area contributed by atoms with Crippen molar-refractivity contribution in [3.8, 4) is 11.1 Å². The predicted octanol–water partition coefficient (Wildman–Crippen LogP) is 8.91. The minimum absolute atomic E-state index is 0.287. The van der Waals surface area contributed by atoms with Crippen LogP contribution < -0.4 is 0 Å². The standard InChI is InChI=1S/C34H36/c1-4-13-25-20-23-30-31(24-25)34(28-16-9-7-10-17-28,29-18-11-8-12-19-29)33-27(15-6-3)22-21-26(14-5-2)32(30)33/h7-12,16-24H,4-6,13-15H2,1-3H3. The van der Waals surface area contributed by atoms with Crippen molar-refractivity contribution in [3.05, 3.63) is 130 Å². The van der Waals surface area contributed by atoms with Gasteiger partial charge in [-0.3, -0.25) is 0 Å². The first-order valence-corrected chi connectivity index (χ1v) is 13.2. The highest BCUT2D eigenvalue weighted by Gasteiger charge is 2.48. The molecule has 0 saturated carbocycles. The average Bonchev–Trinajstić information content (AvgIpc) is 3.19. The zero-order valence-corrected chi connectivity index (χ0v) is 20.9. The lowest BCUT2D eigenvalue weighted by Crippen LogP contribution is -2.30. The van der Waals surface area contributed by atoms with E-state index in [4.69, 9.17) is 0 Å². The SMILES string of the molecule is CCCc1ccc2c(c1)C(c1ccccc1)(c1ccccc1)c1c(CCC)ccc(CCC)c1-2. The fourth-order valence-electron chi connectivity index (χ4n) is 6.22. The lowest BCUT2D eigenvalue weighted by atomic mass is 9.66. The Bertz CT molecular complexity index is 1220. The number of aryl methyl sites for hydroxylation is 3. The quantitative estimate of drug-likeness (QED) is 0.224. The van der Waals surface area contributed by atoms with Crippen LogP contribution in [0, 0.1) is 0 Å². The van der Waals surface area contributed by atoms with Gasteiger partial charge in [0.05, 0.1) is 5.41 Å². The fraction of sp³-hybridized carbons (Fsp3) is 0.294. The first-order valence-electron chi connectivity index (χ1n) is 13.2. The number of rotatable bonds is 8. The maximum Gasteiger partial charge on any atom is 0.0716 e. The van der Waals surface area contributed by atoms with Crippen LogP contribution >= 0.6 is 0 Å². The van der Waals surface area contributed by atoms with E-state index in [9.17, 15) is 0 Å². The highest BCUT2D eigenvalue weighted by molar-refractivity contribution is 5.89. The molecule has 0 amide bonds. The molecule has 34 heavy (non-hydrogen) atoms. The van der Waals surface area contributed by atoms with Crippen molar-refractivity contribution in [1.29, 1.82) is 0 Å². The van der Waals surface area contributed by atoms with Crippen molar-refractivity contribution in [3.63, 3.8) is 0 Å². The number of hydrogen-bond donors (Lipinski definition) is 0. The van der Waals surface area contributed by atoms with Gasteiger partial charge in [0, 0.05) is 0 Å². The summed E-state index contributed by atoms with van der Waals surface area (Å²) in [5.41, 5.74) is 12.8. The molecule has 172 valence electrons. The monoisotopic (exact) mass is 444 g/mol. The number of fused-ring (bicyclic) bond motifs is 3. The van der Waals surface area contributed by atoms with Gasteiger partial charge in [-0.1, -0.05) is 131 Å². The van der Waals surface area contributed by atoms with Gasteiger partial charge in [-0.15, -0.1) is 0 Å². The van der Waals surface area contributed by atoms with E-state index in [-0.39, 0.29) is 5.41 Å². The van der Waals surface area contributed by atoms with Gasteiger partial charge in [-0.05, 0) is 69.3 Å². The van der Waals surface area contributed by atoms with Crippen LogP contribution in [0.5, 0.6) is 0 Å². The molecule has 0 heterocycles. The van der Waals surface area contributed by atoms with Crippen molar-refractivity contribution in [2.45, 2.75) is 64.7 Å². The van der Waals surface area contributed by atoms with E-state index < -0.39 is 0 Å². The second kappa shape index (κ2) is 9.63. The first-order chi connectivity index (χ1) is 16.7. The first kappa shape index (κ1) is 22.7. The molecule has 5 rings (SSSR count).